The van der Waals surface area contributed by atoms with Gasteiger partial charge in [0, 0.05) is 49.6 Å². The first kappa shape index (κ1) is 12.4. The van der Waals surface area contributed by atoms with Crippen LogP contribution in [0.2, 0.25) is 0 Å². The summed E-state index contributed by atoms with van der Waals surface area (Å²) in [6.07, 6.45) is 3.61. The number of pyridine rings is 1. The van der Waals surface area contributed by atoms with E-state index >= 15 is 0 Å². The SMILES string of the molecule is OCc1cc(N2CCN(c3nccs3)CC2)ccn1. The highest BCUT2D eigenvalue weighted by molar-refractivity contribution is 7.13. The van der Waals surface area contributed by atoms with Crippen molar-refractivity contribution in [2.75, 3.05) is 36.0 Å². The quantitative estimate of drug-likeness (QED) is 0.917. The maximum Gasteiger partial charge on any atom is 0.185 e. The summed E-state index contributed by atoms with van der Waals surface area (Å²) < 4.78 is 0. The Morgan fingerprint density at radius 2 is 1.89 bits per heavy atom. The highest BCUT2D eigenvalue weighted by atomic mass is 32.1. The Morgan fingerprint density at radius 1 is 1.11 bits per heavy atom. The zero-order chi connectivity index (χ0) is 13.1. The normalized spacial score (nSPS) is 15.8. The fraction of sp³-hybridized carbons (Fsp3) is 0.385. The number of aliphatic hydroxyl groups is 1. The molecule has 0 spiro atoms. The molecule has 0 saturated carbocycles. The molecule has 2 aromatic rings. The number of aliphatic hydroxyl groups excluding tert-OH is 1. The van der Waals surface area contributed by atoms with Crippen LogP contribution in [0.25, 0.3) is 0 Å². The molecule has 5 nitrogen and oxygen atoms in total. The predicted octanol–water partition coefficient (Wildman–Crippen LogP) is 1.36. The second-order valence-electron chi connectivity index (χ2n) is 4.45. The van der Waals surface area contributed by atoms with Gasteiger partial charge in [0.05, 0.1) is 12.3 Å². The number of anilines is 2. The third-order valence-electron chi connectivity index (χ3n) is 3.30. The van der Waals surface area contributed by atoms with Crippen LogP contribution in [0.1, 0.15) is 5.69 Å². The van der Waals surface area contributed by atoms with Gasteiger partial charge >= 0.3 is 0 Å². The molecule has 3 heterocycles. The first-order chi connectivity index (χ1) is 9.36. The van der Waals surface area contributed by atoms with E-state index in [-0.39, 0.29) is 6.61 Å². The smallest absolute Gasteiger partial charge is 0.185 e. The summed E-state index contributed by atoms with van der Waals surface area (Å²) in [5.74, 6) is 0. The Hall–Kier alpha value is -1.66. The van der Waals surface area contributed by atoms with Crippen LogP contribution in [0.4, 0.5) is 10.8 Å². The molecule has 0 amide bonds. The Kier molecular flexibility index (Phi) is 3.61. The van der Waals surface area contributed by atoms with Crippen molar-refractivity contribution in [1.29, 1.82) is 0 Å². The standard InChI is InChI=1S/C13H16N4OS/c18-10-11-9-12(1-2-14-11)16-4-6-17(7-5-16)13-15-3-8-19-13/h1-3,8-9,18H,4-7,10H2. The molecule has 100 valence electrons. The largest absolute Gasteiger partial charge is 0.390 e. The van der Waals surface area contributed by atoms with E-state index in [0.717, 1.165) is 42.7 Å². The van der Waals surface area contributed by atoms with Crippen LogP contribution in [0.5, 0.6) is 0 Å². The summed E-state index contributed by atoms with van der Waals surface area (Å²) in [6, 6.07) is 3.96. The third kappa shape index (κ3) is 2.69. The van der Waals surface area contributed by atoms with Gasteiger partial charge in [-0.25, -0.2) is 4.98 Å². The fourth-order valence-corrected chi connectivity index (χ4v) is 2.97. The van der Waals surface area contributed by atoms with Crippen molar-refractivity contribution in [2.24, 2.45) is 0 Å². The summed E-state index contributed by atoms with van der Waals surface area (Å²) in [5.41, 5.74) is 1.86. The van der Waals surface area contributed by atoms with E-state index in [1.54, 1.807) is 17.5 Å². The molecule has 0 bridgehead atoms. The van der Waals surface area contributed by atoms with E-state index in [0.29, 0.717) is 0 Å². The summed E-state index contributed by atoms with van der Waals surface area (Å²) in [5, 5.41) is 12.2. The number of aromatic nitrogens is 2. The summed E-state index contributed by atoms with van der Waals surface area (Å²) >= 11 is 1.69. The molecule has 0 atom stereocenters. The van der Waals surface area contributed by atoms with Gasteiger partial charge in [-0.05, 0) is 12.1 Å². The minimum absolute atomic E-state index is 0.00702. The van der Waals surface area contributed by atoms with Crippen LogP contribution in [-0.4, -0.2) is 41.3 Å². The molecule has 2 aromatic heterocycles. The van der Waals surface area contributed by atoms with Gasteiger partial charge in [0.2, 0.25) is 0 Å². The van der Waals surface area contributed by atoms with Crippen molar-refractivity contribution in [1.82, 2.24) is 9.97 Å². The number of hydrogen-bond acceptors (Lipinski definition) is 6. The molecule has 1 fully saturated rings. The third-order valence-corrected chi connectivity index (χ3v) is 4.13. The van der Waals surface area contributed by atoms with Crippen LogP contribution < -0.4 is 9.80 Å². The topological polar surface area (TPSA) is 52.5 Å². The molecule has 1 N–H and O–H groups in total. The van der Waals surface area contributed by atoms with Crippen molar-refractivity contribution >= 4 is 22.2 Å². The molecule has 0 aromatic carbocycles. The second-order valence-corrected chi connectivity index (χ2v) is 5.33. The Bertz CT molecular complexity index is 523. The zero-order valence-corrected chi connectivity index (χ0v) is 11.4. The molecular weight excluding hydrogens is 260 g/mol. The van der Waals surface area contributed by atoms with E-state index in [1.165, 1.54) is 0 Å². The van der Waals surface area contributed by atoms with Gasteiger partial charge in [-0.15, -0.1) is 11.3 Å². The minimum atomic E-state index is -0.00702. The van der Waals surface area contributed by atoms with Crippen LogP contribution in [0.3, 0.4) is 0 Å². The summed E-state index contributed by atoms with van der Waals surface area (Å²) in [6.45, 7) is 3.88. The van der Waals surface area contributed by atoms with E-state index in [9.17, 15) is 0 Å². The lowest BCUT2D eigenvalue weighted by Gasteiger charge is -2.36. The van der Waals surface area contributed by atoms with E-state index in [2.05, 4.69) is 19.8 Å². The predicted molar refractivity (Wildman–Crippen MR) is 76.7 cm³/mol. The monoisotopic (exact) mass is 276 g/mol. The number of nitrogens with zero attached hydrogens (tertiary/aromatic N) is 4. The van der Waals surface area contributed by atoms with Crippen LogP contribution in [0, 0.1) is 0 Å². The molecule has 1 aliphatic rings. The zero-order valence-electron chi connectivity index (χ0n) is 10.6. The molecule has 0 aliphatic carbocycles. The number of piperazine rings is 1. The average molecular weight is 276 g/mol. The van der Waals surface area contributed by atoms with Gasteiger partial charge in [0.15, 0.2) is 5.13 Å². The molecule has 19 heavy (non-hydrogen) atoms. The first-order valence-electron chi connectivity index (χ1n) is 6.32. The van der Waals surface area contributed by atoms with Crippen molar-refractivity contribution in [3.05, 3.63) is 35.6 Å². The minimum Gasteiger partial charge on any atom is -0.390 e. The lowest BCUT2D eigenvalue weighted by molar-refractivity contribution is 0.277. The Morgan fingerprint density at radius 3 is 2.58 bits per heavy atom. The van der Waals surface area contributed by atoms with Crippen molar-refractivity contribution < 1.29 is 5.11 Å². The van der Waals surface area contributed by atoms with Crippen LogP contribution >= 0.6 is 11.3 Å². The number of hydrogen-bond donors (Lipinski definition) is 1. The Labute approximate surface area is 116 Å². The molecule has 1 saturated heterocycles. The van der Waals surface area contributed by atoms with Crippen molar-refractivity contribution in [3.63, 3.8) is 0 Å². The van der Waals surface area contributed by atoms with E-state index in [4.69, 9.17) is 5.11 Å². The molecule has 1 aliphatic heterocycles. The summed E-state index contributed by atoms with van der Waals surface area (Å²) in [7, 11) is 0. The molecule has 3 rings (SSSR count). The Balaban J connectivity index is 1.66. The van der Waals surface area contributed by atoms with Crippen LogP contribution in [-0.2, 0) is 6.61 Å². The maximum atomic E-state index is 9.13. The second kappa shape index (κ2) is 5.54. The molecule has 6 heteroatoms. The van der Waals surface area contributed by atoms with Gasteiger partial charge in [-0.2, -0.15) is 0 Å². The van der Waals surface area contributed by atoms with Gasteiger partial charge in [0.25, 0.3) is 0 Å². The highest BCUT2D eigenvalue weighted by Gasteiger charge is 2.19. The number of thiazole rings is 1. The summed E-state index contributed by atoms with van der Waals surface area (Å²) in [4.78, 5) is 13.1. The first-order valence-corrected chi connectivity index (χ1v) is 7.20. The number of rotatable bonds is 3. The van der Waals surface area contributed by atoms with Crippen molar-refractivity contribution in [2.45, 2.75) is 6.61 Å². The lowest BCUT2D eigenvalue weighted by Crippen LogP contribution is -2.46. The van der Waals surface area contributed by atoms with E-state index < -0.39 is 0 Å². The fourth-order valence-electron chi connectivity index (χ4n) is 2.28. The van der Waals surface area contributed by atoms with Crippen molar-refractivity contribution in [3.8, 4) is 0 Å². The van der Waals surface area contributed by atoms with Gasteiger partial charge in [-0.3, -0.25) is 4.98 Å². The van der Waals surface area contributed by atoms with Gasteiger partial charge in [0.1, 0.15) is 0 Å². The molecule has 0 radical (unpaired) electrons. The van der Waals surface area contributed by atoms with E-state index in [1.807, 2.05) is 23.7 Å². The highest BCUT2D eigenvalue weighted by Crippen LogP contribution is 2.22. The maximum absolute atomic E-state index is 9.13. The average Bonchev–Trinajstić information content (AvgIpc) is 3.02. The molecular formula is C13H16N4OS. The molecule has 0 unspecified atom stereocenters. The van der Waals surface area contributed by atoms with Crippen LogP contribution in [0.15, 0.2) is 29.9 Å². The van der Waals surface area contributed by atoms with Gasteiger partial charge < -0.3 is 14.9 Å². The van der Waals surface area contributed by atoms with Gasteiger partial charge in [-0.1, -0.05) is 0 Å². The lowest BCUT2D eigenvalue weighted by atomic mass is 10.2.